The number of nitrogens with one attached hydrogen (secondary N) is 1. The molecule has 1 unspecified atom stereocenters. The summed E-state index contributed by atoms with van der Waals surface area (Å²) in [5, 5.41) is 3.39. The van der Waals surface area contributed by atoms with E-state index >= 15 is 0 Å². The summed E-state index contributed by atoms with van der Waals surface area (Å²) in [4.78, 5) is 9.62. The Hall–Kier alpha value is -0.170. The molecule has 31 heavy (non-hydrogen) atoms. The molecular weight excluding hydrogens is 529 g/mol. The number of aliphatic imine (C=N–C) groups is 1. The number of sulfonamides is 1. The summed E-state index contributed by atoms with van der Waals surface area (Å²) >= 11 is 0. The molecule has 0 saturated carbocycles. The molecule has 2 rings (SSSR count). The molecule has 1 N–H and O–H groups in total. The number of ether oxygens (including phenoxy) is 1. The molecule has 2 saturated heterocycles. The lowest BCUT2D eigenvalue weighted by Crippen LogP contribution is -2.54. The van der Waals surface area contributed by atoms with Crippen LogP contribution in [0.3, 0.4) is 0 Å². The Labute approximate surface area is 207 Å². The van der Waals surface area contributed by atoms with Crippen molar-refractivity contribution >= 4 is 40.0 Å². The van der Waals surface area contributed by atoms with Gasteiger partial charge < -0.3 is 19.9 Å². The van der Waals surface area contributed by atoms with Crippen molar-refractivity contribution in [3.63, 3.8) is 0 Å². The summed E-state index contributed by atoms with van der Waals surface area (Å²) in [7, 11) is -3.27. The quantitative estimate of drug-likeness (QED) is 0.245. The van der Waals surface area contributed by atoms with Gasteiger partial charge in [0, 0.05) is 45.8 Å². The molecule has 10 heteroatoms. The summed E-state index contributed by atoms with van der Waals surface area (Å²) in [6, 6.07) is 0. The molecule has 2 fully saturated rings. The van der Waals surface area contributed by atoms with E-state index in [1.165, 1.54) is 32.4 Å². The van der Waals surface area contributed by atoms with Gasteiger partial charge in [-0.05, 0) is 52.6 Å². The van der Waals surface area contributed by atoms with E-state index in [0.717, 1.165) is 25.6 Å². The number of rotatable bonds is 10. The SMILES string of the molecule is CCNC(=NCC(C)CN1CCCCC1)N1CCN(S(=O)(=O)CCOC(C)C)CC1.I. The second kappa shape index (κ2) is 14.9. The van der Waals surface area contributed by atoms with E-state index in [4.69, 9.17) is 9.73 Å². The maximum Gasteiger partial charge on any atom is 0.216 e. The number of hydrogen-bond acceptors (Lipinski definition) is 5. The standard InChI is InChI=1S/C21H43N5O3S.HI/c1-5-22-21(23-17-20(4)18-24-9-7-6-8-10-24)25-11-13-26(14-12-25)30(27,28)16-15-29-19(2)3;/h19-20H,5-18H2,1-4H3,(H,22,23);1H. The normalized spacial score (nSPS) is 20.5. The van der Waals surface area contributed by atoms with Gasteiger partial charge >= 0.3 is 0 Å². The molecule has 2 aliphatic rings. The summed E-state index contributed by atoms with van der Waals surface area (Å²) in [6.07, 6.45) is 4.04. The van der Waals surface area contributed by atoms with Gasteiger partial charge in [-0.1, -0.05) is 13.3 Å². The zero-order valence-corrected chi connectivity index (χ0v) is 23.0. The highest BCUT2D eigenvalue weighted by atomic mass is 127. The third kappa shape index (κ3) is 10.5. The summed E-state index contributed by atoms with van der Waals surface area (Å²) in [6.45, 7) is 15.9. The van der Waals surface area contributed by atoms with Crippen LogP contribution in [-0.4, -0.2) is 106 Å². The van der Waals surface area contributed by atoms with Crippen molar-refractivity contribution in [1.29, 1.82) is 0 Å². The van der Waals surface area contributed by atoms with Gasteiger partial charge in [0.15, 0.2) is 5.96 Å². The van der Waals surface area contributed by atoms with Crippen molar-refractivity contribution in [2.24, 2.45) is 10.9 Å². The smallest absolute Gasteiger partial charge is 0.216 e. The van der Waals surface area contributed by atoms with Crippen LogP contribution in [0.25, 0.3) is 0 Å². The van der Waals surface area contributed by atoms with Gasteiger partial charge in [0.1, 0.15) is 0 Å². The first-order chi connectivity index (χ1) is 14.3. The minimum atomic E-state index is -3.27. The van der Waals surface area contributed by atoms with Crippen molar-refractivity contribution in [2.75, 3.05) is 71.3 Å². The molecule has 0 bridgehead atoms. The molecule has 184 valence electrons. The third-order valence-electron chi connectivity index (χ3n) is 5.63. The molecule has 0 spiro atoms. The van der Waals surface area contributed by atoms with Crippen molar-refractivity contribution < 1.29 is 13.2 Å². The molecule has 1 atom stereocenters. The zero-order valence-electron chi connectivity index (χ0n) is 19.9. The van der Waals surface area contributed by atoms with E-state index < -0.39 is 10.0 Å². The number of halogens is 1. The first-order valence-corrected chi connectivity index (χ1v) is 13.3. The average molecular weight is 574 g/mol. The van der Waals surface area contributed by atoms with Crippen LogP contribution in [0.5, 0.6) is 0 Å². The monoisotopic (exact) mass is 573 g/mol. The van der Waals surface area contributed by atoms with Crippen LogP contribution in [0.4, 0.5) is 0 Å². The molecular formula is C21H44IN5O3S. The number of piperazine rings is 1. The third-order valence-corrected chi connectivity index (χ3v) is 7.46. The van der Waals surface area contributed by atoms with Gasteiger partial charge in [-0.15, -0.1) is 24.0 Å². The Morgan fingerprint density at radius 1 is 1.03 bits per heavy atom. The Bertz CT molecular complexity index is 619. The van der Waals surface area contributed by atoms with Gasteiger partial charge in [-0.2, -0.15) is 4.31 Å². The van der Waals surface area contributed by atoms with E-state index in [0.29, 0.717) is 32.1 Å². The molecule has 0 aromatic heterocycles. The highest BCUT2D eigenvalue weighted by Gasteiger charge is 2.28. The van der Waals surface area contributed by atoms with Crippen LogP contribution < -0.4 is 5.32 Å². The lowest BCUT2D eigenvalue weighted by molar-refractivity contribution is 0.0904. The largest absolute Gasteiger partial charge is 0.378 e. The van der Waals surface area contributed by atoms with Crippen molar-refractivity contribution in [3.05, 3.63) is 0 Å². The fraction of sp³-hybridized carbons (Fsp3) is 0.952. The second-order valence-electron chi connectivity index (χ2n) is 8.78. The van der Waals surface area contributed by atoms with Crippen LogP contribution in [0, 0.1) is 5.92 Å². The van der Waals surface area contributed by atoms with Crippen LogP contribution in [0.1, 0.15) is 47.0 Å². The second-order valence-corrected chi connectivity index (χ2v) is 10.9. The number of hydrogen-bond donors (Lipinski definition) is 1. The molecule has 2 heterocycles. The number of likely N-dealkylation sites (tertiary alicyclic amines) is 1. The fourth-order valence-electron chi connectivity index (χ4n) is 4.00. The number of nitrogens with zero attached hydrogens (tertiary/aromatic N) is 4. The topological polar surface area (TPSA) is 77.5 Å². The van der Waals surface area contributed by atoms with E-state index in [9.17, 15) is 8.42 Å². The van der Waals surface area contributed by atoms with Crippen molar-refractivity contribution in [1.82, 2.24) is 19.4 Å². The fourth-order valence-corrected chi connectivity index (χ4v) is 5.29. The van der Waals surface area contributed by atoms with E-state index in [2.05, 4.69) is 29.0 Å². The lowest BCUT2D eigenvalue weighted by atomic mass is 10.1. The Kier molecular flexibility index (Phi) is 13.8. The maximum absolute atomic E-state index is 12.6. The first kappa shape index (κ1) is 28.9. The number of piperidine rings is 1. The average Bonchev–Trinajstić information content (AvgIpc) is 2.71. The number of guanidine groups is 1. The van der Waals surface area contributed by atoms with Crippen LogP contribution in [0.2, 0.25) is 0 Å². The summed E-state index contributed by atoms with van der Waals surface area (Å²) in [5.74, 6) is 1.47. The van der Waals surface area contributed by atoms with Crippen LogP contribution >= 0.6 is 24.0 Å². The van der Waals surface area contributed by atoms with Crippen molar-refractivity contribution in [2.45, 2.75) is 53.1 Å². The van der Waals surface area contributed by atoms with Gasteiger partial charge in [-0.25, -0.2) is 8.42 Å². The summed E-state index contributed by atoms with van der Waals surface area (Å²) < 4.78 is 32.1. The molecule has 0 amide bonds. The minimum Gasteiger partial charge on any atom is -0.378 e. The molecule has 0 radical (unpaired) electrons. The Balaban J connectivity index is 0.00000480. The minimum absolute atomic E-state index is 0. The first-order valence-electron chi connectivity index (χ1n) is 11.7. The highest BCUT2D eigenvalue weighted by molar-refractivity contribution is 14.0. The summed E-state index contributed by atoms with van der Waals surface area (Å²) in [5.41, 5.74) is 0. The van der Waals surface area contributed by atoms with E-state index in [1.807, 2.05) is 13.8 Å². The van der Waals surface area contributed by atoms with Crippen LogP contribution in [-0.2, 0) is 14.8 Å². The Morgan fingerprint density at radius 3 is 2.26 bits per heavy atom. The van der Waals surface area contributed by atoms with Gasteiger partial charge in [0.2, 0.25) is 10.0 Å². The lowest BCUT2D eigenvalue weighted by Gasteiger charge is -2.36. The van der Waals surface area contributed by atoms with Crippen LogP contribution in [0.15, 0.2) is 4.99 Å². The van der Waals surface area contributed by atoms with Gasteiger partial charge in [-0.3, -0.25) is 4.99 Å². The Morgan fingerprint density at radius 2 is 1.68 bits per heavy atom. The molecule has 2 aliphatic heterocycles. The predicted molar refractivity (Wildman–Crippen MR) is 139 cm³/mol. The molecule has 0 aromatic rings. The molecule has 0 aromatic carbocycles. The van der Waals surface area contributed by atoms with Crippen molar-refractivity contribution in [3.8, 4) is 0 Å². The molecule has 0 aliphatic carbocycles. The van der Waals surface area contributed by atoms with Gasteiger partial charge in [0.05, 0.1) is 18.5 Å². The zero-order chi connectivity index (χ0) is 22.0. The van der Waals surface area contributed by atoms with E-state index in [1.54, 1.807) is 4.31 Å². The van der Waals surface area contributed by atoms with Gasteiger partial charge in [0.25, 0.3) is 0 Å². The maximum atomic E-state index is 12.6. The van der Waals surface area contributed by atoms with E-state index in [-0.39, 0.29) is 42.4 Å². The highest BCUT2D eigenvalue weighted by Crippen LogP contribution is 2.12. The predicted octanol–water partition coefficient (Wildman–Crippen LogP) is 2.06. The molecule has 8 nitrogen and oxygen atoms in total.